The first kappa shape index (κ1) is 8.27. The standard InChI is InChI=1S/C8H14N2O/c1-6(2)3-8-10-7(4-9)5-11-8/h5-6H,3-4,9H2,1-2H3. The summed E-state index contributed by atoms with van der Waals surface area (Å²) < 4.78 is 5.18. The number of rotatable bonds is 3. The molecule has 0 saturated carbocycles. The van der Waals surface area contributed by atoms with Gasteiger partial charge in [0.25, 0.3) is 0 Å². The minimum Gasteiger partial charge on any atom is -0.449 e. The Bertz CT molecular complexity index is 218. The Labute approximate surface area is 66.6 Å². The van der Waals surface area contributed by atoms with Crippen LogP contribution in [-0.4, -0.2) is 4.98 Å². The maximum atomic E-state index is 5.37. The second-order valence-corrected chi connectivity index (χ2v) is 3.03. The van der Waals surface area contributed by atoms with Crippen LogP contribution in [0.4, 0.5) is 0 Å². The molecule has 1 rings (SSSR count). The second-order valence-electron chi connectivity index (χ2n) is 3.03. The fraction of sp³-hybridized carbons (Fsp3) is 0.625. The molecule has 1 aromatic rings. The third kappa shape index (κ3) is 2.35. The van der Waals surface area contributed by atoms with Crippen molar-refractivity contribution in [2.75, 3.05) is 0 Å². The van der Waals surface area contributed by atoms with E-state index in [0.29, 0.717) is 12.5 Å². The van der Waals surface area contributed by atoms with Gasteiger partial charge in [-0.25, -0.2) is 4.98 Å². The summed E-state index contributed by atoms with van der Waals surface area (Å²) in [6, 6.07) is 0. The van der Waals surface area contributed by atoms with Gasteiger partial charge in [-0.1, -0.05) is 13.8 Å². The van der Waals surface area contributed by atoms with E-state index in [1.807, 2.05) is 0 Å². The van der Waals surface area contributed by atoms with Gasteiger partial charge in [-0.2, -0.15) is 0 Å². The van der Waals surface area contributed by atoms with Gasteiger partial charge in [-0.05, 0) is 5.92 Å². The predicted molar refractivity (Wildman–Crippen MR) is 42.9 cm³/mol. The zero-order chi connectivity index (χ0) is 8.27. The van der Waals surface area contributed by atoms with Crippen LogP contribution in [0.1, 0.15) is 25.4 Å². The molecule has 0 unspecified atom stereocenters. The highest BCUT2D eigenvalue weighted by Gasteiger charge is 2.03. The molecule has 2 N–H and O–H groups in total. The number of aromatic nitrogens is 1. The Kier molecular flexibility index (Phi) is 2.65. The molecule has 1 aromatic heterocycles. The van der Waals surface area contributed by atoms with Crippen molar-refractivity contribution in [2.24, 2.45) is 11.7 Å². The number of nitrogens with two attached hydrogens (primary N) is 1. The summed E-state index contributed by atoms with van der Waals surface area (Å²) in [6.45, 7) is 4.72. The number of hydrogen-bond acceptors (Lipinski definition) is 3. The lowest BCUT2D eigenvalue weighted by atomic mass is 10.1. The van der Waals surface area contributed by atoms with Crippen LogP contribution in [0.5, 0.6) is 0 Å². The number of nitrogens with zero attached hydrogens (tertiary/aromatic N) is 1. The predicted octanol–water partition coefficient (Wildman–Crippen LogP) is 1.33. The summed E-state index contributed by atoms with van der Waals surface area (Å²) in [4.78, 5) is 4.18. The van der Waals surface area contributed by atoms with Gasteiger partial charge in [-0.3, -0.25) is 0 Å². The van der Waals surface area contributed by atoms with Crippen LogP contribution in [0.15, 0.2) is 10.7 Å². The average Bonchev–Trinajstić information content (AvgIpc) is 2.34. The highest BCUT2D eigenvalue weighted by atomic mass is 16.3. The van der Waals surface area contributed by atoms with Crippen molar-refractivity contribution in [1.82, 2.24) is 4.98 Å². The zero-order valence-electron chi connectivity index (χ0n) is 7.00. The topological polar surface area (TPSA) is 52.0 Å². The first-order chi connectivity index (χ1) is 5.22. The first-order valence-corrected chi connectivity index (χ1v) is 3.85. The molecule has 0 aliphatic carbocycles. The van der Waals surface area contributed by atoms with Gasteiger partial charge < -0.3 is 10.2 Å². The minimum absolute atomic E-state index is 0.460. The maximum absolute atomic E-state index is 5.37. The van der Waals surface area contributed by atoms with Crippen molar-refractivity contribution < 1.29 is 4.42 Å². The summed E-state index contributed by atoms with van der Waals surface area (Å²) >= 11 is 0. The van der Waals surface area contributed by atoms with E-state index < -0.39 is 0 Å². The third-order valence-corrected chi connectivity index (χ3v) is 1.39. The summed E-state index contributed by atoms with van der Waals surface area (Å²) in [7, 11) is 0. The Morgan fingerprint density at radius 1 is 1.64 bits per heavy atom. The lowest BCUT2D eigenvalue weighted by Crippen LogP contribution is -1.98. The largest absolute Gasteiger partial charge is 0.449 e. The van der Waals surface area contributed by atoms with Gasteiger partial charge in [0.05, 0.1) is 5.69 Å². The zero-order valence-corrected chi connectivity index (χ0v) is 7.00. The van der Waals surface area contributed by atoms with E-state index in [0.717, 1.165) is 18.0 Å². The molecule has 0 spiro atoms. The molecular formula is C8H14N2O. The molecule has 0 aliphatic rings. The summed E-state index contributed by atoms with van der Waals surface area (Å²) in [5, 5.41) is 0. The first-order valence-electron chi connectivity index (χ1n) is 3.85. The summed E-state index contributed by atoms with van der Waals surface area (Å²) in [6.07, 6.45) is 2.51. The van der Waals surface area contributed by atoms with Crippen LogP contribution >= 0.6 is 0 Å². The monoisotopic (exact) mass is 154 g/mol. The molecule has 3 heteroatoms. The van der Waals surface area contributed by atoms with E-state index in [2.05, 4.69) is 18.8 Å². The fourth-order valence-electron chi connectivity index (χ4n) is 0.886. The normalized spacial score (nSPS) is 10.9. The molecule has 0 atom stereocenters. The molecule has 0 saturated heterocycles. The molecule has 0 aromatic carbocycles. The van der Waals surface area contributed by atoms with Crippen molar-refractivity contribution in [3.8, 4) is 0 Å². The molecule has 0 radical (unpaired) electrons. The summed E-state index contributed by atoms with van der Waals surface area (Å²) in [5.74, 6) is 1.37. The smallest absolute Gasteiger partial charge is 0.194 e. The quantitative estimate of drug-likeness (QED) is 0.714. The van der Waals surface area contributed by atoms with E-state index in [1.54, 1.807) is 6.26 Å². The van der Waals surface area contributed by atoms with Crippen molar-refractivity contribution in [2.45, 2.75) is 26.8 Å². The SMILES string of the molecule is CC(C)Cc1nc(CN)co1. The van der Waals surface area contributed by atoms with E-state index in [4.69, 9.17) is 10.2 Å². The summed E-state index contributed by atoms with van der Waals surface area (Å²) in [5.41, 5.74) is 6.21. The number of hydrogen-bond donors (Lipinski definition) is 1. The average molecular weight is 154 g/mol. The van der Waals surface area contributed by atoms with Crippen LogP contribution in [0.2, 0.25) is 0 Å². The Morgan fingerprint density at radius 3 is 2.82 bits per heavy atom. The van der Waals surface area contributed by atoms with Gasteiger partial charge in [0, 0.05) is 13.0 Å². The van der Waals surface area contributed by atoms with E-state index in [9.17, 15) is 0 Å². The van der Waals surface area contributed by atoms with Gasteiger partial charge >= 0.3 is 0 Å². The van der Waals surface area contributed by atoms with Crippen LogP contribution in [0, 0.1) is 5.92 Å². The highest BCUT2D eigenvalue weighted by molar-refractivity contribution is 4.95. The van der Waals surface area contributed by atoms with Crippen LogP contribution in [-0.2, 0) is 13.0 Å². The molecule has 62 valence electrons. The Balaban J connectivity index is 2.58. The highest BCUT2D eigenvalue weighted by Crippen LogP contribution is 2.07. The molecule has 0 aliphatic heterocycles. The second kappa shape index (κ2) is 3.53. The molecular weight excluding hydrogens is 140 g/mol. The van der Waals surface area contributed by atoms with Crippen molar-refractivity contribution in [3.05, 3.63) is 17.8 Å². The van der Waals surface area contributed by atoms with Crippen LogP contribution in [0.25, 0.3) is 0 Å². The molecule has 11 heavy (non-hydrogen) atoms. The molecule has 0 amide bonds. The van der Waals surface area contributed by atoms with Gasteiger partial charge in [-0.15, -0.1) is 0 Å². The molecule has 0 fully saturated rings. The fourth-order valence-corrected chi connectivity index (χ4v) is 0.886. The van der Waals surface area contributed by atoms with Crippen LogP contribution < -0.4 is 5.73 Å². The Morgan fingerprint density at radius 2 is 2.36 bits per heavy atom. The number of oxazole rings is 1. The maximum Gasteiger partial charge on any atom is 0.194 e. The van der Waals surface area contributed by atoms with Gasteiger partial charge in [0.15, 0.2) is 5.89 Å². The van der Waals surface area contributed by atoms with Crippen molar-refractivity contribution >= 4 is 0 Å². The van der Waals surface area contributed by atoms with Gasteiger partial charge in [0.2, 0.25) is 0 Å². The van der Waals surface area contributed by atoms with E-state index in [-0.39, 0.29) is 0 Å². The van der Waals surface area contributed by atoms with Crippen LogP contribution in [0.3, 0.4) is 0 Å². The van der Waals surface area contributed by atoms with E-state index in [1.165, 1.54) is 0 Å². The lowest BCUT2D eigenvalue weighted by Gasteiger charge is -1.96. The molecule has 3 nitrogen and oxygen atoms in total. The third-order valence-electron chi connectivity index (χ3n) is 1.39. The van der Waals surface area contributed by atoms with Crippen molar-refractivity contribution in [1.29, 1.82) is 0 Å². The minimum atomic E-state index is 0.460. The van der Waals surface area contributed by atoms with E-state index >= 15 is 0 Å². The van der Waals surface area contributed by atoms with Gasteiger partial charge in [0.1, 0.15) is 6.26 Å². The molecule has 0 bridgehead atoms. The van der Waals surface area contributed by atoms with Crippen molar-refractivity contribution in [3.63, 3.8) is 0 Å². The molecule has 1 heterocycles. The Hall–Kier alpha value is -0.830. The lowest BCUT2D eigenvalue weighted by molar-refractivity contribution is 0.457.